The van der Waals surface area contributed by atoms with Crippen LogP contribution in [0.3, 0.4) is 0 Å². The second-order valence-electron chi connectivity index (χ2n) is 3.10. The first-order valence-corrected chi connectivity index (χ1v) is 4.21. The second-order valence-corrected chi connectivity index (χ2v) is 3.10. The predicted octanol–water partition coefficient (Wildman–Crippen LogP) is 1.19. The SMILES string of the molecule is C=CCNC(COC)C1CC1. The average molecular weight is 155 g/mol. The Hall–Kier alpha value is -0.340. The van der Waals surface area contributed by atoms with Gasteiger partial charge in [-0.3, -0.25) is 0 Å². The Morgan fingerprint density at radius 3 is 2.91 bits per heavy atom. The molecule has 0 amide bonds. The molecule has 0 aliphatic heterocycles. The first kappa shape index (κ1) is 8.75. The van der Waals surface area contributed by atoms with E-state index in [1.54, 1.807) is 7.11 Å². The van der Waals surface area contributed by atoms with E-state index in [4.69, 9.17) is 4.74 Å². The zero-order chi connectivity index (χ0) is 8.10. The van der Waals surface area contributed by atoms with E-state index < -0.39 is 0 Å². The van der Waals surface area contributed by atoms with Crippen LogP contribution in [0.1, 0.15) is 12.8 Å². The third-order valence-electron chi connectivity index (χ3n) is 2.06. The smallest absolute Gasteiger partial charge is 0.0618 e. The summed E-state index contributed by atoms with van der Waals surface area (Å²) < 4.78 is 5.11. The quantitative estimate of drug-likeness (QED) is 0.582. The molecule has 1 aliphatic carbocycles. The summed E-state index contributed by atoms with van der Waals surface area (Å²) in [5, 5.41) is 3.39. The molecule has 0 radical (unpaired) electrons. The fraction of sp³-hybridized carbons (Fsp3) is 0.778. The summed E-state index contributed by atoms with van der Waals surface area (Å²) in [6, 6.07) is 0.554. The summed E-state index contributed by atoms with van der Waals surface area (Å²) in [4.78, 5) is 0. The highest BCUT2D eigenvalue weighted by molar-refractivity contribution is 4.87. The summed E-state index contributed by atoms with van der Waals surface area (Å²) >= 11 is 0. The Morgan fingerprint density at radius 2 is 2.45 bits per heavy atom. The minimum atomic E-state index is 0.554. The van der Waals surface area contributed by atoms with Crippen molar-refractivity contribution in [1.82, 2.24) is 5.32 Å². The number of ether oxygens (including phenoxy) is 1. The number of nitrogens with one attached hydrogen (secondary N) is 1. The van der Waals surface area contributed by atoms with Crippen molar-refractivity contribution in [3.63, 3.8) is 0 Å². The van der Waals surface area contributed by atoms with Crippen molar-refractivity contribution in [2.45, 2.75) is 18.9 Å². The van der Waals surface area contributed by atoms with Crippen LogP contribution in [-0.2, 0) is 4.74 Å². The monoisotopic (exact) mass is 155 g/mol. The highest BCUT2D eigenvalue weighted by Gasteiger charge is 2.30. The zero-order valence-electron chi connectivity index (χ0n) is 7.18. The van der Waals surface area contributed by atoms with Crippen LogP contribution in [0.5, 0.6) is 0 Å². The van der Waals surface area contributed by atoms with Gasteiger partial charge in [0.15, 0.2) is 0 Å². The molecule has 0 spiro atoms. The molecule has 2 heteroatoms. The van der Waals surface area contributed by atoms with Crippen molar-refractivity contribution in [2.75, 3.05) is 20.3 Å². The zero-order valence-corrected chi connectivity index (χ0v) is 7.18. The molecule has 11 heavy (non-hydrogen) atoms. The summed E-state index contributed by atoms with van der Waals surface area (Å²) in [6.45, 7) is 5.39. The van der Waals surface area contributed by atoms with Crippen molar-refractivity contribution in [2.24, 2.45) is 5.92 Å². The van der Waals surface area contributed by atoms with E-state index in [1.165, 1.54) is 12.8 Å². The van der Waals surface area contributed by atoms with Gasteiger partial charge in [0.25, 0.3) is 0 Å². The number of methoxy groups -OCH3 is 1. The van der Waals surface area contributed by atoms with E-state index in [0.29, 0.717) is 6.04 Å². The van der Waals surface area contributed by atoms with Gasteiger partial charge < -0.3 is 10.1 Å². The molecular formula is C9H17NO. The molecule has 1 saturated carbocycles. The first-order valence-electron chi connectivity index (χ1n) is 4.21. The van der Waals surface area contributed by atoms with E-state index in [-0.39, 0.29) is 0 Å². The highest BCUT2D eigenvalue weighted by Crippen LogP contribution is 2.32. The van der Waals surface area contributed by atoms with Crippen molar-refractivity contribution in [1.29, 1.82) is 0 Å². The van der Waals surface area contributed by atoms with Crippen LogP contribution in [0.15, 0.2) is 12.7 Å². The summed E-state index contributed by atoms with van der Waals surface area (Å²) in [5.74, 6) is 0.856. The molecule has 1 N–H and O–H groups in total. The van der Waals surface area contributed by atoms with Crippen LogP contribution >= 0.6 is 0 Å². The molecule has 64 valence electrons. The molecular weight excluding hydrogens is 138 g/mol. The molecule has 0 bridgehead atoms. The largest absolute Gasteiger partial charge is 0.383 e. The normalized spacial score (nSPS) is 19.7. The highest BCUT2D eigenvalue weighted by atomic mass is 16.5. The van der Waals surface area contributed by atoms with Crippen molar-refractivity contribution < 1.29 is 4.74 Å². The molecule has 0 aromatic carbocycles. The van der Waals surface area contributed by atoms with Gasteiger partial charge in [-0.1, -0.05) is 6.08 Å². The maximum atomic E-state index is 5.11. The topological polar surface area (TPSA) is 21.3 Å². The van der Waals surface area contributed by atoms with E-state index in [2.05, 4.69) is 11.9 Å². The van der Waals surface area contributed by atoms with Crippen molar-refractivity contribution in [3.05, 3.63) is 12.7 Å². The Balaban J connectivity index is 2.14. The third kappa shape index (κ3) is 3.04. The molecule has 0 aromatic heterocycles. The molecule has 2 nitrogen and oxygen atoms in total. The van der Waals surface area contributed by atoms with Gasteiger partial charge in [-0.15, -0.1) is 6.58 Å². The lowest BCUT2D eigenvalue weighted by Gasteiger charge is -2.15. The fourth-order valence-electron chi connectivity index (χ4n) is 1.27. The number of rotatable bonds is 6. The molecule has 0 saturated heterocycles. The standard InChI is InChI=1S/C9H17NO/c1-3-6-10-9(7-11-2)8-4-5-8/h3,8-10H,1,4-7H2,2H3. The molecule has 1 rings (SSSR count). The fourth-order valence-corrected chi connectivity index (χ4v) is 1.27. The summed E-state index contributed by atoms with van der Waals surface area (Å²) in [5.41, 5.74) is 0. The van der Waals surface area contributed by atoms with Crippen molar-refractivity contribution >= 4 is 0 Å². The van der Waals surface area contributed by atoms with E-state index in [9.17, 15) is 0 Å². The van der Waals surface area contributed by atoms with Gasteiger partial charge in [0.05, 0.1) is 6.61 Å². The third-order valence-corrected chi connectivity index (χ3v) is 2.06. The van der Waals surface area contributed by atoms with Crippen LogP contribution in [0.25, 0.3) is 0 Å². The Kier molecular flexibility index (Phi) is 3.60. The van der Waals surface area contributed by atoms with Crippen LogP contribution in [0.4, 0.5) is 0 Å². The Morgan fingerprint density at radius 1 is 1.73 bits per heavy atom. The average Bonchev–Trinajstić information content (AvgIpc) is 2.80. The van der Waals surface area contributed by atoms with Crippen LogP contribution in [0, 0.1) is 5.92 Å². The van der Waals surface area contributed by atoms with Crippen molar-refractivity contribution in [3.8, 4) is 0 Å². The Bertz CT molecular complexity index is 121. The Labute approximate surface area is 68.6 Å². The number of hydrogen-bond donors (Lipinski definition) is 1. The molecule has 1 unspecified atom stereocenters. The van der Waals surface area contributed by atoms with E-state index in [0.717, 1.165) is 19.1 Å². The molecule has 1 atom stereocenters. The van der Waals surface area contributed by atoms with Crippen LogP contribution < -0.4 is 5.32 Å². The van der Waals surface area contributed by atoms with E-state index >= 15 is 0 Å². The van der Waals surface area contributed by atoms with Crippen LogP contribution in [-0.4, -0.2) is 26.3 Å². The maximum absolute atomic E-state index is 5.11. The predicted molar refractivity (Wildman–Crippen MR) is 46.6 cm³/mol. The molecule has 0 heterocycles. The van der Waals surface area contributed by atoms with Gasteiger partial charge in [-0.2, -0.15) is 0 Å². The van der Waals surface area contributed by atoms with Gasteiger partial charge in [-0.05, 0) is 18.8 Å². The first-order chi connectivity index (χ1) is 5.38. The van der Waals surface area contributed by atoms with Gasteiger partial charge >= 0.3 is 0 Å². The molecule has 1 fully saturated rings. The summed E-state index contributed by atoms with van der Waals surface area (Å²) in [7, 11) is 1.75. The van der Waals surface area contributed by atoms with Gasteiger partial charge in [0.1, 0.15) is 0 Å². The van der Waals surface area contributed by atoms with Gasteiger partial charge in [-0.25, -0.2) is 0 Å². The lowest BCUT2D eigenvalue weighted by Crippen LogP contribution is -2.35. The lowest BCUT2D eigenvalue weighted by atomic mass is 10.2. The minimum Gasteiger partial charge on any atom is -0.383 e. The maximum Gasteiger partial charge on any atom is 0.0618 e. The number of hydrogen-bond acceptors (Lipinski definition) is 2. The second kappa shape index (κ2) is 4.52. The summed E-state index contributed by atoms with van der Waals surface area (Å²) in [6.07, 6.45) is 4.61. The lowest BCUT2D eigenvalue weighted by molar-refractivity contribution is 0.159. The molecule has 1 aliphatic rings. The minimum absolute atomic E-state index is 0.554. The van der Waals surface area contributed by atoms with E-state index in [1.807, 2.05) is 6.08 Å². The van der Waals surface area contributed by atoms with Crippen LogP contribution in [0.2, 0.25) is 0 Å². The molecule has 0 aromatic rings. The van der Waals surface area contributed by atoms with Gasteiger partial charge in [0.2, 0.25) is 0 Å². The van der Waals surface area contributed by atoms with Gasteiger partial charge in [0, 0.05) is 19.7 Å².